The van der Waals surface area contributed by atoms with Crippen LogP contribution < -0.4 is 0 Å². The van der Waals surface area contributed by atoms with Crippen molar-refractivity contribution in [3.05, 3.63) is 71.3 Å². The maximum absolute atomic E-state index is 4.63. The first-order chi connectivity index (χ1) is 13.8. The number of fused-ring (bicyclic) bond motifs is 8. The summed E-state index contributed by atoms with van der Waals surface area (Å²) in [6.07, 6.45) is 8.09. The van der Waals surface area contributed by atoms with Crippen LogP contribution in [0.15, 0.2) is 48.5 Å². The van der Waals surface area contributed by atoms with Gasteiger partial charge >= 0.3 is 36.1 Å². The summed E-state index contributed by atoms with van der Waals surface area (Å²) in [6.45, 7) is 0. The molecule has 2 N–H and O–H groups in total. The quantitative estimate of drug-likeness (QED) is 0.233. The molecule has 5 heterocycles. The summed E-state index contributed by atoms with van der Waals surface area (Å²) in [7, 11) is 0. The topological polar surface area (TPSA) is 57.4 Å². The van der Waals surface area contributed by atoms with E-state index >= 15 is 0 Å². The van der Waals surface area contributed by atoms with Gasteiger partial charge in [-0.1, -0.05) is 0 Å². The van der Waals surface area contributed by atoms with Crippen LogP contribution in [0, 0.1) is 0 Å². The van der Waals surface area contributed by atoms with Crippen molar-refractivity contribution in [1.82, 2.24) is 19.9 Å². The van der Waals surface area contributed by atoms with Crippen molar-refractivity contribution in [2.45, 2.75) is 23.3 Å². The monoisotopic (exact) mass is 484 g/mol. The van der Waals surface area contributed by atoms with Crippen molar-refractivity contribution in [1.29, 1.82) is 0 Å². The van der Waals surface area contributed by atoms with Crippen LogP contribution in [0.25, 0.3) is 46.4 Å². The fourth-order valence-electron chi connectivity index (χ4n) is 2.94. The molecule has 2 aliphatic rings. The number of aromatic nitrogens is 4. The first kappa shape index (κ1) is 22.3. The number of hydrogen-bond acceptors (Lipinski definition) is 2. The molecule has 2 aliphatic heterocycles. The zero-order valence-corrected chi connectivity index (χ0v) is 19.8. The first-order valence-electron chi connectivity index (χ1n) is 9.36. The van der Waals surface area contributed by atoms with Crippen LogP contribution in [0.5, 0.6) is 0 Å². The van der Waals surface area contributed by atoms with Gasteiger partial charge in [0.2, 0.25) is 0 Å². The van der Waals surface area contributed by atoms with Gasteiger partial charge in [0.05, 0.1) is 22.8 Å². The van der Waals surface area contributed by atoms with Gasteiger partial charge in [0.1, 0.15) is 0 Å². The van der Waals surface area contributed by atoms with Crippen LogP contribution in [0.2, 0.25) is 23.3 Å². The molecule has 0 saturated heterocycles. The average Bonchev–Trinajstić information content (AvgIpc) is 3.38. The second-order valence-corrected chi connectivity index (χ2v) is 15.3. The molecule has 0 aliphatic carbocycles. The number of aromatic amines is 2. The molecule has 0 atom stereocenters. The summed E-state index contributed by atoms with van der Waals surface area (Å²) in [6, 6.07) is 16.4. The molecule has 3 aromatic rings. The smallest absolute Gasteiger partial charge is 0 e. The van der Waals surface area contributed by atoms with Crippen molar-refractivity contribution in [2.75, 3.05) is 0 Å². The summed E-state index contributed by atoms with van der Waals surface area (Å²) in [5.74, 6) is 9.31. The number of nitrogens with one attached hydrogen (secondary N) is 2. The van der Waals surface area contributed by atoms with Gasteiger partial charge in [0.15, 0.2) is 0 Å². The maximum atomic E-state index is 4.63. The van der Waals surface area contributed by atoms with Crippen molar-refractivity contribution in [2.24, 2.45) is 0 Å². The van der Waals surface area contributed by atoms with E-state index in [1.807, 2.05) is 48.6 Å². The third-order valence-corrected chi connectivity index (χ3v) is 4.04. The van der Waals surface area contributed by atoms with Gasteiger partial charge in [-0.15, -0.1) is 0 Å². The van der Waals surface area contributed by atoms with Crippen LogP contribution in [-0.2, 0) is 29.6 Å². The molecule has 0 amide bonds. The molecule has 6 heteroatoms. The summed E-state index contributed by atoms with van der Waals surface area (Å²) in [5.41, 5.74) is 7.86. The van der Waals surface area contributed by atoms with Gasteiger partial charge in [0.25, 0.3) is 0 Å². The normalized spacial score (nSPS) is 12.7. The molecule has 5 rings (SSSR count). The molecule has 0 aromatic carbocycles. The zero-order chi connectivity index (χ0) is 20.4. The van der Waals surface area contributed by atoms with Gasteiger partial charge in [-0.25, -0.2) is 9.97 Å². The maximum Gasteiger partial charge on any atom is 0 e. The Morgan fingerprint density at radius 3 is 1.00 bits per heavy atom. The van der Waals surface area contributed by atoms with E-state index in [-0.39, 0.29) is 16.8 Å². The Kier molecular flexibility index (Phi) is 6.83. The fourth-order valence-corrected chi connectivity index (χ4v) is 2.94. The van der Waals surface area contributed by atoms with E-state index in [1.165, 1.54) is 0 Å². The minimum atomic E-state index is -0.625. The minimum absolute atomic E-state index is 0. The standard InChI is InChI=1S/C20H14N4.4CH3.Co.Mn/c1-2-14-10-16-5-6-18(23-16)12-20-8-7-19(24-20)11-17-4-3-15(22-17)9-13(1)21-14;;;;;;/h1-12,21,24H;4*1H3;;. The van der Waals surface area contributed by atoms with Gasteiger partial charge in [-0.05, 0) is 72.8 Å². The fraction of sp³-hybridized carbons (Fsp3) is 0.167. The Morgan fingerprint density at radius 1 is 0.533 bits per heavy atom. The van der Waals surface area contributed by atoms with E-state index in [4.69, 9.17) is 0 Å². The Hall–Kier alpha value is -2.37. The van der Waals surface area contributed by atoms with E-state index in [1.54, 1.807) is 0 Å². The van der Waals surface area contributed by atoms with Crippen LogP contribution in [0.1, 0.15) is 22.8 Å². The molecule has 0 spiro atoms. The second kappa shape index (κ2) is 9.19. The Bertz CT molecular complexity index is 1080. The number of nitrogens with zero attached hydrogens (tertiary/aromatic N) is 2. The molecule has 0 fully saturated rings. The van der Waals surface area contributed by atoms with Crippen molar-refractivity contribution in [3.63, 3.8) is 0 Å². The van der Waals surface area contributed by atoms with E-state index in [0.29, 0.717) is 0 Å². The first-order valence-corrected chi connectivity index (χ1v) is 14.1. The van der Waals surface area contributed by atoms with Crippen molar-refractivity contribution < 1.29 is 29.6 Å². The molecule has 3 aromatic heterocycles. The zero-order valence-electron chi connectivity index (χ0n) is 17.5. The molecular weight excluding hydrogens is 458 g/mol. The number of hydrogen-bond donors (Lipinski definition) is 2. The molecule has 0 unspecified atom stereocenters. The molecule has 8 bridgehead atoms. The number of rotatable bonds is 0. The van der Waals surface area contributed by atoms with E-state index in [9.17, 15) is 0 Å². The van der Waals surface area contributed by atoms with Crippen molar-refractivity contribution in [3.8, 4) is 0 Å². The average molecular weight is 484 g/mol. The van der Waals surface area contributed by atoms with Crippen molar-refractivity contribution >= 4 is 46.4 Å². The third-order valence-electron chi connectivity index (χ3n) is 4.04. The largest absolute Gasteiger partial charge is 0 e. The number of H-pyrrole nitrogens is 2. The van der Waals surface area contributed by atoms with E-state index in [2.05, 4.69) is 67.5 Å². The molecule has 1 radical (unpaired) electrons. The summed E-state index contributed by atoms with van der Waals surface area (Å²) >= 11 is -0.625. The van der Waals surface area contributed by atoms with E-state index in [0.717, 1.165) is 44.8 Å². The van der Waals surface area contributed by atoms with Gasteiger partial charge in [-0.2, -0.15) is 0 Å². The Labute approximate surface area is 190 Å². The summed E-state index contributed by atoms with van der Waals surface area (Å²) < 4.78 is 0. The van der Waals surface area contributed by atoms with Gasteiger partial charge in [-0.3, -0.25) is 0 Å². The third kappa shape index (κ3) is 6.31. The summed E-state index contributed by atoms with van der Waals surface area (Å²) in [4.78, 5) is 16.0. The Morgan fingerprint density at radius 2 is 0.767 bits per heavy atom. The predicted molar refractivity (Wildman–Crippen MR) is 122 cm³/mol. The minimum Gasteiger partial charge on any atom is 0 e. The second-order valence-electron chi connectivity index (χ2n) is 8.17. The molecule has 30 heavy (non-hydrogen) atoms. The predicted octanol–water partition coefficient (Wildman–Crippen LogP) is 6.99. The van der Waals surface area contributed by atoms with Crippen LogP contribution in [0.4, 0.5) is 0 Å². The van der Waals surface area contributed by atoms with E-state index < -0.39 is 12.8 Å². The van der Waals surface area contributed by atoms with Gasteiger partial charge < -0.3 is 9.97 Å². The SMILES string of the molecule is C1=Cc2cc3ccc(cc4nc(cc5ccc(cc1n2)[nH]5)C=C4)[nH]3.[CH3][Mn]([CH3])([CH3])[CH3].[Co]. The summed E-state index contributed by atoms with van der Waals surface area (Å²) in [5, 5.41) is 0. The van der Waals surface area contributed by atoms with Crippen LogP contribution >= 0.6 is 0 Å². The Balaban J connectivity index is 0.000000386. The molecule has 158 valence electrons. The molecule has 0 saturated carbocycles. The molecule has 4 nitrogen and oxygen atoms in total. The molecular formula is C24H26CoMnN4. The van der Waals surface area contributed by atoms with Crippen LogP contribution in [-0.4, -0.2) is 19.9 Å². The van der Waals surface area contributed by atoms with Gasteiger partial charge in [0, 0.05) is 38.8 Å². The van der Waals surface area contributed by atoms with Crippen LogP contribution in [0.3, 0.4) is 0 Å².